The van der Waals surface area contributed by atoms with Crippen molar-refractivity contribution in [1.29, 1.82) is 0 Å². The van der Waals surface area contributed by atoms with Crippen molar-refractivity contribution >= 4 is 58.1 Å². The summed E-state index contributed by atoms with van der Waals surface area (Å²) in [7, 11) is -7.45. The largest absolute Gasteiger partial charge is 0.331 e. The zero-order valence-corrected chi connectivity index (χ0v) is 18.1. The fraction of sp³-hybridized carbons (Fsp3) is 0.0526. The predicted octanol–water partition coefficient (Wildman–Crippen LogP) is 3.64. The summed E-state index contributed by atoms with van der Waals surface area (Å²) >= 11 is 1.41. The van der Waals surface area contributed by atoms with Crippen LogP contribution >= 0.6 is 11.3 Å². The number of hydrogen-bond acceptors (Lipinski definition) is 8. The fourth-order valence-corrected chi connectivity index (χ4v) is 5.33. The number of rotatable bonds is 6. The van der Waals surface area contributed by atoms with Crippen LogP contribution in [0.25, 0.3) is 10.3 Å². The van der Waals surface area contributed by atoms with Crippen molar-refractivity contribution in [3.05, 3.63) is 66.9 Å². The van der Waals surface area contributed by atoms with Gasteiger partial charge in [-0.05, 0) is 54.6 Å². The van der Waals surface area contributed by atoms with Crippen molar-refractivity contribution in [2.24, 2.45) is 0 Å². The van der Waals surface area contributed by atoms with Gasteiger partial charge in [-0.3, -0.25) is 4.72 Å². The highest BCUT2D eigenvalue weighted by Gasteiger charge is 2.17. The highest BCUT2D eigenvalue weighted by molar-refractivity contribution is 7.93. The molecule has 2 aromatic heterocycles. The highest BCUT2D eigenvalue weighted by atomic mass is 32.2. The third-order valence-corrected chi connectivity index (χ3v) is 7.48. The molecule has 0 radical (unpaired) electrons. The zero-order valence-electron chi connectivity index (χ0n) is 15.6. The summed E-state index contributed by atoms with van der Waals surface area (Å²) in [6.07, 6.45) is 2.73. The SMILES string of the molecule is CS(=O)(=O)c1cccc(S(=O)(=O)Nc2ccc(Nc3nc4cccnc4s3)cc2)c1. The number of thiazole rings is 1. The number of sulfone groups is 1. The molecule has 30 heavy (non-hydrogen) atoms. The Balaban J connectivity index is 1.51. The maximum absolute atomic E-state index is 12.6. The quantitative estimate of drug-likeness (QED) is 0.451. The van der Waals surface area contributed by atoms with Crippen LogP contribution in [0.15, 0.2) is 76.7 Å². The molecule has 2 aromatic carbocycles. The summed E-state index contributed by atoms with van der Waals surface area (Å²) < 4.78 is 51.1. The highest BCUT2D eigenvalue weighted by Crippen LogP contribution is 2.27. The van der Waals surface area contributed by atoms with Gasteiger partial charge in [0.15, 0.2) is 15.0 Å². The molecule has 154 valence electrons. The van der Waals surface area contributed by atoms with Gasteiger partial charge in [-0.25, -0.2) is 26.8 Å². The summed E-state index contributed by atoms with van der Waals surface area (Å²) in [4.78, 5) is 9.32. The van der Waals surface area contributed by atoms with Gasteiger partial charge in [0.1, 0.15) is 10.3 Å². The number of aromatic nitrogens is 2. The number of fused-ring (bicyclic) bond motifs is 1. The number of benzene rings is 2. The Labute approximate surface area is 177 Å². The van der Waals surface area contributed by atoms with E-state index >= 15 is 0 Å². The molecular weight excluding hydrogens is 444 g/mol. The normalized spacial score (nSPS) is 12.0. The van der Waals surface area contributed by atoms with Crippen LogP contribution in [-0.2, 0) is 19.9 Å². The summed E-state index contributed by atoms with van der Waals surface area (Å²) in [6, 6.07) is 15.5. The van der Waals surface area contributed by atoms with Crippen LogP contribution in [0.5, 0.6) is 0 Å². The fourth-order valence-electron chi connectivity index (χ4n) is 2.65. The van der Waals surface area contributed by atoms with E-state index in [1.165, 1.54) is 29.5 Å². The summed E-state index contributed by atoms with van der Waals surface area (Å²) in [5, 5.41) is 3.84. The second kappa shape index (κ2) is 7.67. The van der Waals surface area contributed by atoms with Crippen LogP contribution in [0, 0.1) is 0 Å². The van der Waals surface area contributed by atoms with Crippen molar-refractivity contribution in [2.45, 2.75) is 9.79 Å². The van der Waals surface area contributed by atoms with E-state index in [1.54, 1.807) is 30.5 Å². The van der Waals surface area contributed by atoms with Gasteiger partial charge < -0.3 is 5.32 Å². The van der Waals surface area contributed by atoms with Crippen LogP contribution < -0.4 is 10.0 Å². The standard InChI is InChI=1S/C19H16N4O4S3/c1-29(24,25)15-4-2-5-16(12-15)30(26,27)23-14-9-7-13(8-10-14)21-19-22-17-6-3-11-20-18(17)28-19/h2-12,23H,1H3,(H,21,22). The van der Waals surface area contributed by atoms with E-state index in [9.17, 15) is 16.8 Å². The molecule has 2 heterocycles. The Hall–Kier alpha value is -3.02. The molecule has 0 saturated heterocycles. The Kier molecular flexibility index (Phi) is 5.18. The number of hydrogen-bond donors (Lipinski definition) is 2. The minimum atomic E-state index is -3.94. The monoisotopic (exact) mass is 460 g/mol. The van der Waals surface area contributed by atoms with Gasteiger partial charge in [0.25, 0.3) is 10.0 Å². The van der Waals surface area contributed by atoms with Gasteiger partial charge in [0.05, 0.1) is 9.79 Å². The van der Waals surface area contributed by atoms with Gasteiger partial charge in [0, 0.05) is 23.8 Å². The number of sulfonamides is 1. The minimum Gasteiger partial charge on any atom is -0.331 e. The second-order valence-corrected chi connectivity index (χ2v) is 11.1. The maximum Gasteiger partial charge on any atom is 0.261 e. The Morgan fingerprint density at radius 1 is 0.867 bits per heavy atom. The van der Waals surface area contributed by atoms with E-state index in [0.29, 0.717) is 10.8 Å². The molecule has 0 amide bonds. The predicted molar refractivity (Wildman–Crippen MR) is 118 cm³/mol. The van der Waals surface area contributed by atoms with Gasteiger partial charge in [0.2, 0.25) is 0 Å². The lowest BCUT2D eigenvalue weighted by Crippen LogP contribution is -2.13. The molecular formula is C19H16N4O4S3. The molecule has 11 heteroatoms. The average molecular weight is 461 g/mol. The zero-order chi connectivity index (χ0) is 21.4. The molecule has 8 nitrogen and oxygen atoms in total. The molecule has 0 fully saturated rings. The Morgan fingerprint density at radius 2 is 1.57 bits per heavy atom. The average Bonchev–Trinajstić information content (AvgIpc) is 3.11. The lowest BCUT2D eigenvalue weighted by Gasteiger charge is -2.10. The summed E-state index contributed by atoms with van der Waals surface area (Å²) in [5.74, 6) is 0. The second-order valence-electron chi connectivity index (χ2n) is 6.40. The number of nitrogens with zero attached hydrogens (tertiary/aromatic N) is 2. The molecule has 0 saturated carbocycles. The molecule has 4 aromatic rings. The van der Waals surface area contributed by atoms with Crippen molar-refractivity contribution in [2.75, 3.05) is 16.3 Å². The Morgan fingerprint density at radius 3 is 2.27 bits per heavy atom. The van der Waals surface area contributed by atoms with E-state index in [4.69, 9.17) is 0 Å². The molecule has 0 spiro atoms. The Bertz CT molecular complexity index is 1400. The number of nitrogens with one attached hydrogen (secondary N) is 2. The van der Waals surface area contributed by atoms with Gasteiger partial charge in [-0.1, -0.05) is 17.4 Å². The first-order valence-electron chi connectivity index (χ1n) is 8.62. The van der Waals surface area contributed by atoms with E-state index in [0.717, 1.165) is 28.4 Å². The molecule has 0 aliphatic heterocycles. The van der Waals surface area contributed by atoms with Crippen LogP contribution in [-0.4, -0.2) is 33.1 Å². The van der Waals surface area contributed by atoms with E-state index in [2.05, 4.69) is 20.0 Å². The van der Waals surface area contributed by atoms with Gasteiger partial charge in [-0.15, -0.1) is 0 Å². The topological polar surface area (TPSA) is 118 Å². The van der Waals surface area contributed by atoms with Gasteiger partial charge in [-0.2, -0.15) is 0 Å². The first-order chi connectivity index (χ1) is 14.2. The van der Waals surface area contributed by atoms with Crippen molar-refractivity contribution in [1.82, 2.24) is 9.97 Å². The molecule has 2 N–H and O–H groups in total. The molecule has 0 aliphatic carbocycles. The maximum atomic E-state index is 12.6. The first-order valence-corrected chi connectivity index (χ1v) is 12.8. The minimum absolute atomic E-state index is 0.0600. The van der Waals surface area contributed by atoms with Crippen LogP contribution in [0.3, 0.4) is 0 Å². The smallest absolute Gasteiger partial charge is 0.261 e. The van der Waals surface area contributed by atoms with E-state index in [-0.39, 0.29) is 9.79 Å². The molecule has 4 rings (SSSR count). The number of pyridine rings is 1. The molecule has 0 aliphatic rings. The third-order valence-electron chi connectivity index (χ3n) is 4.10. The lowest BCUT2D eigenvalue weighted by molar-refractivity contribution is 0.599. The van der Waals surface area contributed by atoms with Crippen molar-refractivity contribution < 1.29 is 16.8 Å². The van der Waals surface area contributed by atoms with E-state index in [1.807, 2.05) is 12.1 Å². The van der Waals surface area contributed by atoms with Crippen LogP contribution in [0.1, 0.15) is 0 Å². The molecule has 0 unspecified atom stereocenters. The first kappa shape index (κ1) is 20.3. The third kappa shape index (κ3) is 4.42. The van der Waals surface area contributed by atoms with Gasteiger partial charge >= 0.3 is 0 Å². The lowest BCUT2D eigenvalue weighted by atomic mass is 10.3. The van der Waals surface area contributed by atoms with Crippen molar-refractivity contribution in [3.8, 4) is 0 Å². The van der Waals surface area contributed by atoms with Crippen LogP contribution in [0.4, 0.5) is 16.5 Å². The summed E-state index contributed by atoms with van der Waals surface area (Å²) in [6.45, 7) is 0. The molecule has 0 bridgehead atoms. The summed E-state index contributed by atoms with van der Waals surface area (Å²) in [5.41, 5.74) is 1.87. The molecule has 0 atom stereocenters. The van der Waals surface area contributed by atoms with E-state index < -0.39 is 19.9 Å². The van der Waals surface area contributed by atoms with Crippen LogP contribution in [0.2, 0.25) is 0 Å². The van der Waals surface area contributed by atoms with Crippen molar-refractivity contribution in [3.63, 3.8) is 0 Å². The number of anilines is 3.